The average Bonchev–Trinajstić information content (AvgIpc) is 3.67. The monoisotopic (exact) mass is 709 g/mol. The quantitative estimate of drug-likeness (QED) is 0.228. The van der Waals surface area contributed by atoms with E-state index < -0.39 is 30.2 Å². The van der Waals surface area contributed by atoms with E-state index in [4.69, 9.17) is 9.98 Å². The molecule has 2 atom stereocenters. The summed E-state index contributed by atoms with van der Waals surface area (Å²) in [5.41, 5.74) is 5.79. The molecular formula is C34H31CuKN4O7. The van der Waals surface area contributed by atoms with Gasteiger partial charge in [-0.05, 0) is 73.6 Å². The number of aliphatic imine (C=N–C) groups is 3. The van der Waals surface area contributed by atoms with Gasteiger partial charge in [0, 0.05) is 52.7 Å². The maximum Gasteiger partial charge on any atom is 2.00 e. The van der Waals surface area contributed by atoms with Gasteiger partial charge in [-0.15, -0.1) is 6.26 Å². The third-order valence-corrected chi connectivity index (χ3v) is 8.75. The molecule has 241 valence electrons. The Bertz CT molecular complexity index is 1830. The van der Waals surface area contributed by atoms with Crippen LogP contribution < -0.4 is 72.0 Å². The summed E-state index contributed by atoms with van der Waals surface area (Å²) < 4.78 is 0. The molecule has 1 radical (unpaired) electrons. The number of allylic oxidation sites excluding steroid dienone is 10. The molecule has 11 nitrogen and oxygen atoms in total. The van der Waals surface area contributed by atoms with E-state index in [0.717, 1.165) is 17.4 Å². The molecule has 0 amide bonds. The van der Waals surface area contributed by atoms with Crippen LogP contribution in [-0.4, -0.2) is 40.1 Å². The Kier molecular flexibility index (Phi) is 12.5. The van der Waals surface area contributed by atoms with Crippen LogP contribution in [0.15, 0.2) is 120 Å². The molecule has 2 N–H and O–H groups in total. The number of rotatable bonds is 8. The van der Waals surface area contributed by atoms with E-state index in [0.29, 0.717) is 51.8 Å². The summed E-state index contributed by atoms with van der Waals surface area (Å²) in [6.45, 7) is 11.1. The normalized spacial score (nSPS) is 22.5. The Hall–Kier alpha value is -3.16. The Morgan fingerprint density at radius 3 is 2.28 bits per heavy atom. The second-order valence-corrected chi connectivity index (χ2v) is 11.3. The standard InChI is InChI=1S/C34H34N4O7.Cu.K/c1-6-18-15(3)23-11-24-16(4)20(8-9-29(40)41)32(37-24)21(10-30(42)43)33-31(34(44)45)17(5)25(38-33)12-27-19(7-2)22(14-39)28(36-27)13-26(18)35-23;;/h6,11-14,16,20,37,39H,1,7-10H2,2-5H3,(H,40,41)(H,42,43)(H,44,45);;/q;+2;+1/p-3/b22-14+,24-11?,25-12?,26-13?,32-21?;;/t16-,20-;;/m0../s1. The molecule has 1 fully saturated rings. The zero-order valence-electron chi connectivity index (χ0n) is 26.6. The fraction of sp³-hybridized carbons (Fsp3) is 0.294. The van der Waals surface area contributed by atoms with Crippen LogP contribution in [0.5, 0.6) is 0 Å². The molecule has 0 aromatic carbocycles. The van der Waals surface area contributed by atoms with E-state index in [2.05, 4.69) is 16.9 Å². The first-order valence-electron chi connectivity index (χ1n) is 14.6. The molecule has 8 bridgehead atoms. The van der Waals surface area contributed by atoms with Gasteiger partial charge in [-0.2, -0.15) is 0 Å². The fourth-order valence-corrected chi connectivity index (χ4v) is 6.40. The van der Waals surface area contributed by atoms with Crippen LogP contribution in [0.3, 0.4) is 0 Å². The molecule has 0 aliphatic carbocycles. The van der Waals surface area contributed by atoms with Crippen LogP contribution >= 0.6 is 0 Å². The molecule has 0 spiro atoms. The third-order valence-electron chi connectivity index (χ3n) is 8.75. The second-order valence-electron chi connectivity index (χ2n) is 11.3. The minimum Gasteiger partial charge on any atom is -0.877 e. The molecule has 1 saturated heterocycles. The second kappa shape index (κ2) is 15.4. The SMILES string of the molecule is C=CC1=C(C)C2=NC1=CC1=NC(=C(CC)/C1=C\[O-])C=C1N=C(C(CC(=O)[O-])=C3NC(=C2)[C@@H](C)[C@@H]3CCC(=O)[O-])C(C(=O)O)=C1C.[Cu+2].[K+]. The molecule has 5 aliphatic rings. The maximum atomic E-state index is 12.6. The van der Waals surface area contributed by atoms with Gasteiger partial charge in [0.05, 0.1) is 39.8 Å². The van der Waals surface area contributed by atoms with Crippen molar-refractivity contribution in [2.45, 2.75) is 53.4 Å². The molecule has 0 saturated carbocycles. The van der Waals surface area contributed by atoms with E-state index in [1.54, 1.807) is 31.2 Å². The van der Waals surface area contributed by atoms with Crippen molar-refractivity contribution < 1.29 is 103 Å². The van der Waals surface area contributed by atoms with E-state index in [9.17, 15) is 34.8 Å². The predicted octanol–water partition coefficient (Wildman–Crippen LogP) is -1.39. The molecular weight excluding hydrogens is 679 g/mol. The van der Waals surface area contributed by atoms with Gasteiger partial charge >= 0.3 is 74.4 Å². The van der Waals surface area contributed by atoms with Crippen LogP contribution in [0.1, 0.15) is 53.4 Å². The summed E-state index contributed by atoms with van der Waals surface area (Å²) in [6, 6.07) is 0. The number of hydrogen-bond acceptors (Lipinski definition) is 10. The average molecular weight is 710 g/mol. The van der Waals surface area contributed by atoms with E-state index in [1.807, 2.05) is 20.8 Å². The van der Waals surface area contributed by atoms with Crippen molar-refractivity contribution in [2.75, 3.05) is 0 Å². The number of carboxylic acid groups (broad SMARTS) is 3. The van der Waals surface area contributed by atoms with Crippen molar-refractivity contribution >= 4 is 35.0 Å². The van der Waals surface area contributed by atoms with Gasteiger partial charge < -0.3 is 35.3 Å². The number of carbonyl (C=O) groups is 3. The van der Waals surface area contributed by atoms with Crippen molar-refractivity contribution in [3.8, 4) is 0 Å². The fourth-order valence-electron chi connectivity index (χ4n) is 6.40. The molecule has 5 heterocycles. The number of nitrogens with one attached hydrogen (secondary N) is 1. The van der Waals surface area contributed by atoms with E-state index in [-0.39, 0.29) is 115 Å². The number of hydrogen-bond donors (Lipinski definition) is 2. The van der Waals surface area contributed by atoms with Gasteiger partial charge in [0.2, 0.25) is 0 Å². The van der Waals surface area contributed by atoms with E-state index in [1.165, 1.54) is 0 Å². The summed E-state index contributed by atoms with van der Waals surface area (Å²) in [6.07, 6.45) is 7.07. The van der Waals surface area contributed by atoms with Gasteiger partial charge in [0.15, 0.2) is 0 Å². The van der Waals surface area contributed by atoms with Crippen LogP contribution in [-0.2, 0) is 31.5 Å². The summed E-state index contributed by atoms with van der Waals surface area (Å²) in [7, 11) is 0. The topological polar surface area (TPSA) is 190 Å². The zero-order chi connectivity index (χ0) is 32.7. The van der Waals surface area contributed by atoms with Gasteiger partial charge in [0.1, 0.15) is 0 Å². The molecule has 5 aliphatic heterocycles. The Morgan fingerprint density at radius 1 is 1.00 bits per heavy atom. The number of aliphatic carboxylic acids is 3. The molecule has 0 unspecified atom stereocenters. The molecule has 47 heavy (non-hydrogen) atoms. The molecule has 13 heteroatoms. The minimum absolute atomic E-state index is 0. The van der Waals surface area contributed by atoms with Gasteiger partial charge in [-0.3, -0.25) is 0 Å². The largest absolute Gasteiger partial charge is 2.00 e. The number of nitrogens with zero attached hydrogens (tertiary/aromatic N) is 3. The van der Waals surface area contributed by atoms with Crippen LogP contribution in [0.25, 0.3) is 0 Å². The maximum absolute atomic E-state index is 12.6. The first-order valence-corrected chi connectivity index (χ1v) is 14.6. The molecule has 0 aromatic rings. The molecule has 0 aromatic heterocycles. The minimum atomic E-state index is -1.46. The van der Waals surface area contributed by atoms with Crippen molar-refractivity contribution in [2.24, 2.45) is 26.8 Å². The van der Waals surface area contributed by atoms with E-state index >= 15 is 0 Å². The number of carboxylic acids is 3. The van der Waals surface area contributed by atoms with Crippen LogP contribution in [0.4, 0.5) is 0 Å². The van der Waals surface area contributed by atoms with Gasteiger partial charge in [0.25, 0.3) is 0 Å². The number of fused-ring (bicyclic) bond motifs is 5. The summed E-state index contributed by atoms with van der Waals surface area (Å²) in [5, 5.41) is 49.6. The Morgan fingerprint density at radius 2 is 1.70 bits per heavy atom. The van der Waals surface area contributed by atoms with Crippen molar-refractivity contribution in [3.05, 3.63) is 105 Å². The summed E-state index contributed by atoms with van der Waals surface area (Å²) >= 11 is 0. The van der Waals surface area contributed by atoms with Gasteiger partial charge in [-0.25, -0.2) is 19.8 Å². The van der Waals surface area contributed by atoms with Gasteiger partial charge in [-0.1, -0.05) is 26.5 Å². The first kappa shape index (κ1) is 38.3. The van der Waals surface area contributed by atoms with Crippen LogP contribution in [0, 0.1) is 11.8 Å². The number of carbonyl (C=O) groups excluding carboxylic acids is 2. The van der Waals surface area contributed by atoms with Crippen molar-refractivity contribution in [1.82, 2.24) is 5.32 Å². The first-order chi connectivity index (χ1) is 21.4. The smallest absolute Gasteiger partial charge is 0.877 e. The van der Waals surface area contributed by atoms with Crippen molar-refractivity contribution in [3.63, 3.8) is 0 Å². The Labute approximate surface area is 325 Å². The summed E-state index contributed by atoms with van der Waals surface area (Å²) in [5.74, 6) is -4.92. The molecule has 5 rings (SSSR count). The predicted molar refractivity (Wildman–Crippen MR) is 162 cm³/mol. The van der Waals surface area contributed by atoms with Crippen molar-refractivity contribution in [1.29, 1.82) is 0 Å². The third kappa shape index (κ3) is 7.17. The zero-order valence-corrected chi connectivity index (χ0v) is 30.7. The summed E-state index contributed by atoms with van der Waals surface area (Å²) in [4.78, 5) is 50.5. The van der Waals surface area contributed by atoms with Crippen LogP contribution in [0.2, 0.25) is 0 Å². The Balaban J connectivity index is 0.00000300.